The van der Waals surface area contributed by atoms with Crippen LogP contribution in [-0.4, -0.2) is 38.9 Å². The summed E-state index contributed by atoms with van der Waals surface area (Å²) in [5.41, 5.74) is 7.42. The van der Waals surface area contributed by atoms with E-state index in [0.29, 0.717) is 22.3 Å². The van der Waals surface area contributed by atoms with Crippen LogP contribution in [0.4, 0.5) is 21.6 Å². The quantitative estimate of drug-likeness (QED) is 0.298. The lowest BCUT2D eigenvalue weighted by Crippen LogP contribution is -2.16. The lowest BCUT2D eigenvalue weighted by Gasteiger charge is -2.08. The predicted octanol–water partition coefficient (Wildman–Crippen LogP) is 3.58. The van der Waals surface area contributed by atoms with Crippen molar-refractivity contribution in [3.05, 3.63) is 83.7 Å². The fraction of sp³-hybridized carbons (Fsp3) is 0.0435. The number of nitrogens with two attached hydrogens (primary N) is 1. The monoisotopic (exact) mass is 540 g/mol. The summed E-state index contributed by atoms with van der Waals surface area (Å²) in [4.78, 5) is 16.8. The molecule has 0 spiro atoms. The average molecular weight is 541 g/mol. The minimum absolute atomic E-state index is 0.0881. The Morgan fingerprint density at radius 2 is 1.92 bits per heavy atom. The molecule has 5 aromatic rings. The summed E-state index contributed by atoms with van der Waals surface area (Å²) < 4.78 is 44.5. The number of amides is 1. The first kappa shape index (κ1) is 24.2. The van der Waals surface area contributed by atoms with Crippen molar-refractivity contribution in [2.45, 2.75) is 4.90 Å². The maximum atomic E-state index is 13.4. The highest BCUT2D eigenvalue weighted by Gasteiger charge is 2.21. The third kappa shape index (κ3) is 4.69. The molecule has 0 unspecified atom stereocenters. The van der Waals surface area contributed by atoms with E-state index in [4.69, 9.17) is 17.3 Å². The normalized spacial score (nSPS) is 11.5. The van der Waals surface area contributed by atoms with E-state index < -0.39 is 21.7 Å². The van der Waals surface area contributed by atoms with Crippen LogP contribution in [0.2, 0.25) is 5.02 Å². The Morgan fingerprint density at radius 3 is 2.68 bits per heavy atom. The molecule has 0 aliphatic heterocycles. The molecule has 0 atom stereocenters. The third-order valence-electron chi connectivity index (χ3n) is 5.41. The molecule has 0 radical (unpaired) electrons. The van der Waals surface area contributed by atoms with Gasteiger partial charge in [-0.15, -0.1) is 0 Å². The Balaban J connectivity index is 1.39. The summed E-state index contributed by atoms with van der Waals surface area (Å²) in [6.45, 7) is 0. The van der Waals surface area contributed by atoms with E-state index in [1.807, 2.05) is 0 Å². The summed E-state index contributed by atoms with van der Waals surface area (Å²) in [7, 11) is -2.42. The van der Waals surface area contributed by atoms with Gasteiger partial charge in [0.15, 0.2) is 0 Å². The number of carbonyl (C=O) groups excluding carboxylic acids is 1. The molecular weight excluding hydrogens is 523 g/mol. The highest BCUT2D eigenvalue weighted by atomic mass is 35.5. The number of pyridine rings is 1. The zero-order valence-corrected chi connectivity index (χ0v) is 20.6. The fourth-order valence-corrected chi connectivity index (χ4v) is 4.85. The topological polar surface area (TPSA) is 150 Å². The number of hydrogen-bond donors (Lipinski definition) is 3. The van der Waals surface area contributed by atoms with Crippen LogP contribution in [0.3, 0.4) is 0 Å². The van der Waals surface area contributed by atoms with Crippen LogP contribution < -0.4 is 15.8 Å². The van der Waals surface area contributed by atoms with Crippen LogP contribution in [-0.2, 0) is 17.1 Å². The number of hydrogen-bond acceptors (Lipinski definition) is 7. The molecule has 0 aliphatic carbocycles. The summed E-state index contributed by atoms with van der Waals surface area (Å²) in [6.07, 6.45) is 4.03. The SMILES string of the molecule is Cn1nc2cc(NS(=O)(=O)c3cnn(-c4cccnc4N)c3)ccc2c1C(=O)Nc1ccc(F)c(Cl)c1. The molecule has 3 heterocycles. The van der Waals surface area contributed by atoms with Gasteiger partial charge in [-0.25, -0.2) is 22.5 Å². The Labute approximate surface area is 214 Å². The van der Waals surface area contributed by atoms with Gasteiger partial charge in [-0.1, -0.05) is 11.6 Å². The van der Waals surface area contributed by atoms with Crippen LogP contribution >= 0.6 is 11.6 Å². The second kappa shape index (κ2) is 9.19. The standard InChI is InChI=1S/C23H18ClFN8O3S/c1-32-21(23(34)29-13-5-7-18(25)17(24)9-13)16-6-4-14(10-19(16)30-32)31-37(35,36)15-11-28-33(12-15)20-3-2-8-27-22(20)26/h2-12,31H,1H3,(H2,26,27)(H,29,34). The number of rotatable bonds is 6. The third-order valence-corrected chi connectivity index (χ3v) is 7.04. The van der Waals surface area contributed by atoms with Crippen LogP contribution in [0.5, 0.6) is 0 Å². The maximum absolute atomic E-state index is 13.4. The van der Waals surface area contributed by atoms with Crippen LogP contribution in [0.25, 0.3) is 16.6 Å². The van der Waals surface area contributed by atoms with E-state index in [9.17, 15) is 17.6 Å². The van der Waals surface area contributed by atoms with Gasteiger partial charge >= 0.3 is 0 Å². The summed E-state index contributed by atoms with van der Waals surface area (Å²) >= 11 is 5.79. The number of sulfonamides is 1. The molecule has 14 heteroatoms. The molecule has 3 aromatic heterocycles. The Bertz CT molecular complexity index is 1780. The predicted molar refractivity (Wildman–Crippen MR) is 137 cm³/mol. The molecular formula is C23H18ClFN8O3S. The van der Waals surface area contributed by atoms with Gasteiger partial charge in [-0.3, -0.25) is 14.2 Å². The molecule has 0 saturated carbocycles. The zero-order chi connectivity index (χ0) is 26.3. The van der Waals surface area contributed by atoms with Crippen LogP contribution in [0, 0.1) is 5.82 Å². The van der Waals surface area contributed by atoms with Crippen molar-refractivity contribution in [3.63, 3.8) is 0 Å². The largest absolute Gasteiger partial charge is 0.382 e. The molecule has 0 fully saturated rings. The van der Waals surface area contributed by atoms with Gasteiger partial charge in [-0.05, 0) is 48.5 Å². The summed E-state index contributed by atoms with van der Waals surface area (Å²) in [6, 6.07) is 11.7. The summed E-state index contributed by atoms with van der Waals surface area (Å²) in [5, 5.41) is 11.4. The average Bonchev–Trinajstić information content (AvgIpc) is 3.46. The number of nitrogen functional groups attached to an aromatic ring is 1. The van der Waals surface area contributed by atoms with Crippen LogP contribution in [0.15, 0.2) is 72.0 Å². The number of aromatic nitrogens is 5. The van der Waals surface area contributed by atoms with Gasteiger partial charge in [0.2, 0.25) is 0 Å². The highest BCUT2D eigenvalue weighted by Crippen LogP contribution is 2.26. The van der Waals surface area contributed by atoms with E-state index in [-0.39, 0.29) is 27.1 Å². The summed E-state index contributed by atoms with van der Waals surface area (Å²) in [5.74, 6) is -0.900. The molecule has 0 bridgehead atoms. The lowest BCUT2D eigenvalue weighted by molar-refractivity contribution is 0.101. The van der Waals surface area contributed by atoms with Gasteiger partial charge in [-0.2, -0.15) is 10.2 Å². The van der Waals surface area contributed by atoms with E-state index >= 15 is 0 Å². The Morgan fingerprint density at radius 1 is 1.14 bits per heavy atom. The number of benzene rings is 2. The first-order valence-corrected chi connectivity index (χ1v) is 12.5. The fourth-order valence-electron chi connectivity index (χ4n) is 3.69. The first-order chi connectivity index (χ1) is 17.6. The first-order valence-electron chi connectivity index (χ1n) is 10.6. The molecule has 4 N–H and O–H groups in total. The van der Waals surface area contributed by atoms with E-state index in [1.54, 1.807) is 25.2 Å². The van der Waals surface area contributed by atoms with Gasteiger partial charge in [0.25, 0.3) is 15.9 Å². The van der Waals surface area contributed by atoms with E-state index in [1.165, 1.54) is 52.2 Å². The molecule has 0 saturated heterocycles. The second-order valence-corrected chi connectivity index (χ2v) is 10.0. The van der Waals surface area contributed by atoms with Gasteiger partial charge in [0.05, 0.1) is 28.6 Å². The highest BCUT2D eigenvalue weighted by molar-refractivity contribution is 7.92. The Hall–Kier alpha value is -4.49. The van der Waals surface area contributed by atoms with Crippen molar-refractivity contribution in [1.29, 1.82) is 0 Å². The van der Waals surface area contributed by atoms with E-state index in [0.717, 1.165) is 6.07 Å². The van der Waals surface area contributed by atoms with Gasteiger partial charge < -0.3 is 11.1 Å². The number of carbonyl (C=O) groups is 1. The molecule has 2 aromatic carbocycles. The van der Waals surface area contributed by atoms with Crippen molar-refractivity contribution < 1.29 is 17.6 Å². The van der Waals surface area contributed by atoms with Gasteiger partial charge in [0.1, 0.15) is 27.9 Å². The zero-order valence-electron chi connectivity index (χ0n) is 19.1. The van der Waals surface area contributed by atoms with Crippen molar-refractivity contribution in [3.8, 4) is 5.69 Å². The number of nitrogens with one attached hydrogen (secondary N) is 2. The number of anilines is 3. The van der Waals surface area contributed by atoms with Gasteiger partial charge in [0, 0.05) is 24.3 Å². The number of halogens is 2. The number of nitrogens with zero attached hydrogens (tertiary/aromatic N) is 5. The number of fused-ring (bicyclic) bond motifs is 1. The Kier molecular flexibility index (Phi) is 6.01. The van der Waals surface area contributed by atoms with E-state index in [2.05, 4.69) is 25.2 Å². The maximum Gasteiger partial charge on any atom is 0.274 e. The molecule has 1 amide bonds. The molecule has 188 valence electrons. The smallest absolute Gasteiger partial charge is 0.274 e. The van der Waals surface area contributed by atoms with Crippen molar-refractivity contribution in [2.24, 2.45) is 7.05 Å². The molecule has 11 nitrogen and oxygen atoms in total. The molecule has 37 heavy (non-hydrogen) atoms. The minimum Gasteiger partial charge on any atom is -0.382 e. The molecule has 5 rings (SSSR count). The van der Waals surface area contributed by atoms with Crippen molar-refractivity contribution >= 4 is 55.6 Å². The lowest BCUT2D eigenvalue weighted by atomic mass is 10.2. The minimum atomic E-state index is -4.00. The van der Waals surface area contributed by atoms with Crippen LogP contribution in [0.1, 0.15) is 10.5 Å². The van der Waals surface area contributed by atoms with Crippen molar-refractivity contribution in [1.82, 2.24) is 24.5 Å². The van der Waals surface area contributed by atoms with Crippen molar-refractivity contribution in [2.75, 3.05) is 15.8 Å². The molecule has 0 aliphatic rings. The second-order valence-electron chi connectivity index (χ2n) is 7.92. The number of aryl methyl sites for hydroxylation is 1.